The maximum Gasteiger partial charge on any atom is 0.378 e. The molecular formula is C28H32FN3O6S. The Bertz CT molecular complexity index is 1340. The van der Waals surface area contributed by atoms with Crippen molar-refractivity contribution in [1.82, 2.24) is 10.0 Å². The van der Waals surface area contributed by atoms with Crippen molar-refractivity contribution in [2.45, 2.75) is 43.0 Å². The highest BCUT2D eigenvalue weighted by molar-refractivity contribution is 7.89. The smallest absolute Gasteiger partial charge is 0.378 e. The zero-order valence-corrected chi connectivity index (χ0v) is 22.3. The molecule has 2 atom stereocenters. The van der Waals surface area contributed by atoms with E-state index in [1.54, 1.807) is 24.3 Å². The maximum absolute atomic E-state index is 13.6. The second-order valence-electron chi connectivity index (χ2n) is 8.78. The van der Waals surface area contributed by atoms with Crippen LogP contribution in [0.2, 0.25) is 0 Å². The second-order valence-corrected chi connectivity index (χ2v) is 10.5. The van der Waals surface area contributed by atoms with E-state index in [1.807, 2.05) is 30.3 Å². The lowest BCUT2D eigenvalue weighted by atomic mass is 10.0. The highest BCUT2D eigenvalue weighted by Gasteiger charge is 2.26. The molecule has 0 aliphatic heterocycles. The molecule has 0 aliphatic rings. The van der Waals surface area contributed by atoms with E-state index in [0.29, 0.717) is 18.5 Å². The zero-order valence-electron chi connectivity index (χ0n) is 21.5. The number of hydrogen-bond acceptors (Lipinski definition) is 6. The van der Waals surface area contributed by atoms with Crippen molar-refractivity contribution in [2.75, 3.05) is 18.9 Å². The van der Waals surface area contributed by atoms with Crippen molar-refractivity contribution < 1.29 is 32.2 Å². The van der Waals surface area contributed by atoms with Crippen molar-refractivity contribution in [3.8, 4) is 5.75 Å². The van der Waals surface area contributed by atoms with Crippen LogP contribution in [-0.2, 0) is 32.5 Å². The molecule has 0 fully saturated rings. The minimum Gasteiger partial charge on any atom is -0.476 e. The normalized spacial score (nSPS) is 12.8. The Morgan fingerprint density at radius 3 is 2.26 bits per heavy atom. The van der Waals surface area contributed by atoms with Crippen LogP contribution in [-0.4, -0.2) is 51.4 Å². The fourth-order valence-corrected chi connectivity index (χ4v) is 5.09. The van der Waals surface area contributed by atoms with Crippen LogP contribution in [0.3, 0.4) is 0 Å². The number of rotatable bonds is 15. The van der Waals surface area contributed by atoms with Gasteiger partial charge >= 0.3 is 12.3 Å². The van der Waals surface area contributed by atoms with Crippen LogP contribution in [0.4, 0.5) is 10.1 Å². The fraction of sp³-hybridized carbons (Fsp3) is 0.286. The van der Waals surface area contributed by atoms with E-state index in [4.69, 9.17) is 9.84 Å². The molecule has 0 heterocycles. The summed E-state index contributed by atoms with van der Waals surface area (Å²) >= 11 is 0. The van der Waals surface area contributed by atoms with Crippen LogP contribution in [0.5, 0.6) is 5.75 Å². The topological polar surface area (TPSA) is 134 Å². The molecule has 0 saturated carbocycles. The summed E-state index contributed by atoms with van der Waals surface area (Å²) in [6.45, 7) is 0.372. The number of benzene rings is 3. The van der Waals surface area contributed by atoms with Gasteiger partial charge in [0.15, 0.2) is 0 Å². The standard InChI is InChI=1S/C28H32FN3O6S/c1-30-23-18-21(15-16-25(23)38-26(29)28(34)35)19-24(32-39(36,37)22-13-6-3-7-14-22)27(33)31-17-9-8-12-20-10-4-2-5-11-20/h2-7,10-11,13-16,18,24,26,30,32H,8-9,12,17,19H2,1H3,(H,31,33)(H,34,35)/t24-,26?/m0/s1. The lowest BCUT2D eigenvalue weighted by molar-refractivity contribution is -0.153. The van der Waals surface area contributed by atoms with Crippen LogP contribution in [0.15, 0.2) is 83.8 Å². The number of alkyl halides is 1. The monoisotopic (exact) mass is 557 g/mol. The number of carboxylic acid groups (broad SMARTS) is 1. The first kappa shape index (κ1) is 29.6. The van der Waals surface area contributed by atoms with Gasteiger partial charge in [-0.15, -0.1) is 0 Å². The molecule has 3 aromatic carbocycles. The number of anilines is 1. The second kappa shape index (κ2) is 14.3. The summed E-state index contributed by atoms with van der Waals surface area (Å²) in [6.07, 6.45) is -0.147. The zero-order chi connectivity index (χ0) is 28.3. The van der Waals surface area contributed by atoms with E-state index in [9.17, 15) is 22.4 Å². The molecule has 0 aromatic heterocycles. The molecule has 3 aromatic rings. The summed E-state index contributed by atoms with van der Waals surface area (Å²) in [4.78, 5) is 24.0. The van der Waals surface area contributed by atoms with Gasteiger partial charge in [-0.2, -0.15) is 9.11 Å². The minimum atomic E-state index is -4.01. The Kier molecular flexibility index (Phi) is 10.8. The number of carbonyl (C=O) groups excluding carboxylic acids is 1. The number of carbonyl (C=O) groups is 2. The average molecular weight is 558 g/mol. The molecule has 1 unspecified atom stereocenters. The number of carboxylic acids is 1. The summed E-state index contributed by atoms with van der Waals surface area (Å²) in [7, 11) is -2.47. The summed E-state index contributed by atoms with van der Waals surface area (Å²) in [5, 5.41) is 14.4. The quantitative estimate of drug-likeness (QED) is 0.210. The van der Waals surface area contributed by atoms with Crippen molar-refractivity contribution in [3.05, 3.63) is 90.0 Å². The Hall–Kier alpha value is -3.96. The van der Waals surface area contributed by atoms with Crippen LogP contribution in [0, 0.1) is 0 Å². The van der Waals surface area contributed by atoms with Gasteiger partial charge in [-0.3, -0.25) is 4.79 Å². The third-order valence-corrected chi connectivity index (χ3v) is 7.37. The van der Waals surface area contributed by atoms with E-state index in [2.05, 4.69) is 15.4 Å². The molecular weight excluding hydrogens is 525 g/mol. The molecule has 1 amide bonds. The molecule has 0 saturated heterocycles. The van der Waals surface area contributed by atoms with Crippen LogP contribution in [0.25, 0.3) is 0 Å². The first-order valence-electron chi connectivity index (χ1n) is 12.4. The first-order chi connectivity index (χ1) is 18.7. The summed E-state index contributed by atoms with van der Waals surface area (Å²) in [6, 6.07) is 21.0. The van der Waals surface area contributed by atoms with Gasteiger partial charge in [0.2, 0.25) is 15.9 Å². The first-order valence-corrected chi connectivity index (χ1v) is 13.9. The molecule has 0 spiro atoms. The predicted octanol–water partition coefficient (Wildman–Crippen LogP) is 3.52. The van der Waals surface area contributed by atoms with Gasteiger partial charge in [-0.05, 0) is 61.1 Å². The number of aliphatic carboxylic acids is 1. The molecule has 0 radical (unpaired) electrons. The Morgan fingerprint density at radius 2 is 1.62 bits per heavy atom. The van der Waals surface area contributed by atoms with Crippen LogP contribution >= 0.6 is 0 Å². The Labute approximate surface area is 227 Å². The molecule has 0 aliphatic carbocycles. The average Bonchev–Trinajstić information content (AvgIpc) is 2.94. The predicted molar refractivity (Wildman–Crippen MR) is 146 cm³/mol. The van der Waals surface area contributed by atoms with E-state index >= 15 is 0 Å². The van der Waals surface area contributed by atoms with Gasteiger partial charge in [0.1, 0.15) is 11.8 Å². The van der Waals surface area contributed by atoms with Crippen LogP contribution in [0.1, 0.15) is 24.0 Å². The van der Waals surface area contributed by atoms with E-state index in [1.165, 1.54) is 36.9 Å². The summed E-state index contributed by atoms with van der Waals surface area (Å²) in [5.41, 5.74) is 2.02. The SMILES string of the molecule is CNc1cc(C[C@H](NS(=O)(=O)c2ccccc2)C(=O)NCCCCc2ccccc2)ccc1OC(F)C(=O)O. The van der Waals surface area contributed by atoms with Crippen LogP contribution < -0.4 is 20.1 Å². The Morgan fingerprint density at radius 1 is 0.949 bits per heavy atom. The summed E-state index contributed by atoms with van der Waals surface area (Å²) in [5.74, 6) is -2.30. The third kappa shape index (κ3) is 9.08. The summed E-state index contributed by atoms with van der Waals surface area (Å²) < 4.78 is 46.9. The number of aryl methyl sites for hydroxylation is 1. The number of ether oxygens (including phenoxy) is 1. The number of nitrogens with one attached hydrogen (secondary N) is 3. The van der Waals surface area contributed by atoms with Gasteiger partial charge in [0.25, 0.3) is 0 Å². The van der Waals surface area contributed by atoms with Crippen molar-refractivity contribution in [2.24, 2.45) is 0 Å². The van der Waals surface area contributed by atoms with E-state index in [0.717, 1.165) is 12.8 Å². The van der Waals surface area contributed by atoms with Gasteiger partial charge < -0.3 is 20.5 Å². The molecule has 39 heavy (non-hydrogen) atoms. The highest BCUT2D eigenvalue weighted by Crippen LogP contribution is 2.27. The number of hydrogen-bond donors (Lipinski definition) is 4. The van der Waals surface area contributed by atoms with E-state index in [-0.39, 0.29) is 22.8 Å². The van der Waals surface area contributed by atoms with Crippen molar-refractivity contribution in [3.63, 3.8) is 0 Å². The molecule has 4 N–H and O–H groups in total. The number of amides is 1. The Balaban J connectivity index is 1.72. The van der Waals surface area contributed by atoms with Gasteiger partial charge in [-0.1, -0.05) is 54.6 Å². The third-order valence-electron chi connectivity index (χ3n) is 5.88. The number of halogens is 1. The molecule has 9 nitrogen and oxygen atoms in total. The van der Waals surface area contributed by atoms with Gasteiger partial charge in [0, 0.05) is 13.6 Å². The van der Waals surface area contributed by atoms with Gasteiger partial charge in [0.05, 0.1) is 10.6 Å². The largest absolute Gasteiger partial charge is 0.476 e. The lowest BCUT2D eigenvalue weighted by Gasteiger charge is -2.20. The molecule has 208 valence electrons. The molecule has 3 rings (SSSR count). The van der Waals surface area contributed by atoms with Gasteiger partial charge in [-0.25, -0.2) is 13.2 Å². The lowest BCUT2D eigenvalue weighted by Crippen LogP contribution is -2.48. The number of sulfonamides is 1. The number of unbranched alkanes of at least 4 members (excludes halogenated alkanes) is 1. The minimum absolute atomic E-state index is 0.0190. The maximum atomic E-state index is 13.6. The van der Waals surface area contributed by atoms with Crippen molar-refractivity contribution >= 4 is 27.6 Å². The molecule has 0 bridgehead atoms. The molecule has 11 heteroatoms. The highest BCUT2D eigenvalue weighted by atomic mass is 32.2. The van der Waals surface area contributed by atoms with Crippen molar-refractivity contribution in [1.29, 1.82) is 0 Å². The fourth-order valence-electron chi connectivity index (χ4n) is 3.88. The van der Waals surface area contributed by atoms with E-state index < -0.39 is 34.3 Å².